The van der Waals surface area contributed by atoms with E-state index in [0.29, 0.717) is 12.1 Å². The average molecular weight is 304 g/mol. The molecule has 0 bridgehead atoms. The molecule has 0 saturated carbocycles. The summed E-state index contributed by atoms with van der Waals surface area (Å²) in [5, 5.41) is 2.23. The molecule has 1 atom stereocenters. The topological polar surface area (TPSA) is 44.1 Å². The summed E-state index contributed by atoms with van der Waals surface area (Å²) >= 11 is 1.57. The highest BCUT2D eigenvalue weighted by atomic mass is 32.1. The van der Waals surface area contributed by atoms with Crippen LogP contribution in [0.1, 0.15) is 11.0 Å². The fourth-order valence-corrected chi connectivity index (χ4v) is 2.99. The Morgan fingerprint density at radius 2 is 2.29 bits per heavy atom. The number of nitrogens with zero attached hydrogens (tertiary/aromatic N) is 2. The Hall–Kier alpha value is -2.05. The van der Waals surface area contributed by atoms with Crippen LogP contribution in [0.5, 0.6) is 0 Å². The Labute approximate surface area is 124 Å². The third-order valence-electron chi connectivity index (χ3n) is 3.29. The second-order valence-corrected chi connectivity index (χ2v) is 5.58. The summed E-state index contributed by atoms with van der Waals surface area (Å²) < 4.78 is 20.2. The number of ether oxygens (including phenoxy) is 1. The monoisotopic (exact) mass is 304 g/mol. The van der Waals surface area contributed by atoms with Crippen molar-refractivity contribution in [2.45, 2.75) is 12.6 Å². The van der Waals surface area contributed by atoms with Crippen LogP contribution in [0, 0.1) is 5.82 Å². The van der Waals surface area contributed by atoms with Gasteiger partial charge in [-0.3, -0.25) is 9.36 Å². The van der Waals surface area contributed by atoms with Crippen molar-refractivity contribution in [3.63, 3.8) is 0 Å². The largest absolute Gasteiger partial charge is 0.374 e. The van der Waals surface area contributed by atoms with Crippen LogP contribution in [-0.2, 0) is 11.3 Å². The van der Waals surface area contributed by atoms with Crippen molar-refractivity contribution in [1.29, 1.82) is 0 Å². The standard InChI is InChI=1S/C15H13FN2O2S/c1-20-13(14-3-2-6-21-14)8-18-9-17-12-5-4-10(16)7-11(12)15(18)19/h2-7,9,13H,8H2,1H3/t13-/m1/s1. The zero-order valence-electron chi connectivity index (χ0n) is 11.3. The molecule has 0 saturated heterocycles. The van der Waals surface area contributed by atoms with Gasteiger partial charge in [0.2, 0.25) is 0 Å². The molecule has 0 aliphatic carbocycles. The van der Waals surface area contributed by atoms with Crippen LogP contribution in [0.2, 0.25) is 0 Å². The maximum Gasteiger partial charge on any atom is 0.261 e. The predicted octanol–water partition coefficient (Wildman–Crippen LogP) is 2.98. The van der Waals surface area contributed by atoms with Crippen molar-refractivity contribution < 1.29 is 9.13 Å². The highest BCUT2D eigenvalue weighted by Gasteiger charge is 2.14. The van der Waals surface area contributed by atoms with Gasteiger partial charge in [-0.05, 0) is 29.6 Å². The molecular weight excluding hydrogens is 291 g/mol. The summed E-state index contributed by atoms with van der Waals surface area (Å²) in [7, 11) is 1.60. The molecule has 0 fully saturated rings. The van der Waals surface area contributed by atoms with Gasteiger partial charge in [0.1, 0.15) is 11.9 Å². The lowest BCUT2D eigenvalue weighted by Crippen LogP contribution is -2.24. The van der Waals surface area contributed by atoms with Crippen molar-refractivity contribution >= 4 is 22.2 Å². The Kier molecular flexibility index (Phi) is 3.81. The van der Waals surface area contributed by atoms with Gasteiger partial charge in [-0.2, -0.15) is 0 Å². The van der Waals surface area contributed by atoms with E-state index in [2.05, 4.69) is 4.98 Å². The zero-order chi connectivity index (χ0) is 14.8. The van der Waals surface area contributed by atoms with Gasteiger partial charge in [0.05, 0.1) is 23.8 Å². The molecule has 0 unspecified atom stereocenters. The summed E-state index contributed by atoms with van der Waals surface area (Å²) in [6, 6.07) is 7.90. The van der Waals surface area contributed by atoms with Gasteiger partial charge in [-0.1, -0.05) is 6.07 Å². The summed E-state index contributed by atoms with van der Waals surface area (Å²) in [6.07, 6.45) is 1.25. The highest BCUT2D eigenvalue weighted by molar-refractivity contribution is 7.10. The van der Waals surface area contributed by atoms with Crippen molar-refractivity contribution in [2.24, 2.45) is 0 Å². The number of aromatic nitrogens is 2. The Morgan fingerprint density at radius 1 is 1.43 bits per heavy atom. The third-order valence-corrected chi connectivity index (χ3v) is 4.26. The summed E-state index contributed by atoms with van der Waals surface area (Å²) in [5.41, 5.74) is 0.223. The second kappa shape index (κ2) is 5.75. The molecule has 0 amide bonds. The molecule has 0 aliphatic heterocycles. The minimum absolute atomic E-state index is 0.226. The van der Waals surface area contributed by atoms with Gasteiger partial charge >= 0.3 is 0 Å². The SMILES string of the molecule is CO[C@H](Cn1cnc2ccc(F)cc2c1=O)c1cccs1. The first-order valence-corrected chi connectivity index (χ1v) is 7.28. The number of hydrogen-bond donors (Lipinski definition) is 0. The van der Waals surface area contributed by atoms with E-state index < -0.39 is 5.82 Å². The van der Waals surface area contributed by atoms with E-state index in [4.69, 9.17) is 4.74 Å². The van der Waals surface area contributed by atoms with E-state index in [-0.39, 0.29) is 17.0 Å². The van der Waals surface area contributed by atoms with Crippen LogP contribution in [0.4, 0.5) is 4.39 Å². The van der Waals surface area contributed by atoms with E-state index in [1.807, 2.05) is 17.5 Å². The molecule has 3 aromatic rings. The number of thiophene rings is 1. The van der Waals surface area contributed by atoms with Gasteiger partial charge in [-0.25, -0.2) is 9.37 Å². The highest BCUT2D eigenvalue weighted by Crippen LogP contribution is 2.23. The average Bonchev–Trinajstić information content (AvgIpc) is 3.01. The fraction of sp³-hybridized carbons (Fsp3) is 0.200. The number of halogens is 1. The Balaban J connectivity index is 2.01. The number of benzene rings is 1. The number of fused-ring (bicyclic) bond motifs is 1. The number of rotatable bonds is 4. The molecule has 1 aromatic carbocycles. The lowest BCUT2D eigenvalue weighted by Gasteiger charge is -2.15. The molecule has 0 spiro atoms. The van der Waals surface area contributed by atoms with Crippen molar-refractivity contribution in [1.82, 2.24) is 9.55 Å². The molecule has 0 radical (unpaired) electrons. The Bertz CT molecular complexity index is 814. The maximum absolute atomic E-state index is 13.3. The first kappa shape index (κ1) is 13.9. The molecule has 0 N–H and O–H groups in total. The zero-order valence-corrected chi connectivity index (χ0v) is 12.1. The quantitative estimate of drug-likeness (QED) is 0.744. The lowest BCUT2D eigenvalue weighted by molar-refractivity contribution is 0.0897. The van der Waals surface area contributed by atoms with Crippen LogP contribution in [-0.4, -0.2) is 16.7 Å². The van der Waals surface area contributed by atoms with Crippen molar-refractivity contribution in [3.8, 4) is 0 Å². The van der Waals surface area contributed by atoms with Gasteiger partial charge in [-0.15, -0.1) is 11.3 Å². The second-order valence-electron chi connectivity index (χ2n) is 4.60. The first-order valence-electron chi connectivity index (χ1n) is 6.40. The van der Waals surface area contributed by atoms with E-state index in [1.54, 1.807) is 18.4 Å². The molecule has 2 aromatic heterocycles. The van der Waals surface area contributed by atoms with Gasteiger partial charge in [0.25, 0.3) is 5.56 Å². The fourth-order valence-electron chi connectivity index (χ4n) is 2.20. The Morgan fingerprint density at radius 3 is 3.00 bits per heavy atom. The van der Waals surface area contributed by atoms with E-state index >= 15 is 0 Å². The summed E-state index contributed by atoms with van der Waals surface area (Å²) in [4.78, 5) is 17.6. The smallest absolute Gasteiger partial charge is 0.261 e. The predicted molar refractivity (Wildman–Crippen MR) is 80.0 cm³/mol. The van der Waals surface area contributed by atoms with E-state index in [1.165, 1.54) is 29.1 Å². The van der Waals surface area contributed by atoms with Crippen LogP contribution >= 0.6 is 11.3 Å². The third kappa shape index (κ3) is 2.72. The first-order chi connectivity index (χ1) is 10.2. The summed E-state index contributed by atoms with van der Waals surface area (Å²) in [6.45, 7) is 0.343. The maximum atomic E-state index is 13.3. The molecule has 0 aliphatic rings. The van der Waals surface area contributed by atoms with Crippen LogP contribution in [0.25, 0.3) is 10.9 Å². The molecule has 6 heteroatoms. The van der Waals surface area contributed by atoms with Crippen LogP contribution in [0.3, 0.4) is 0 Å². The van der Waals surface area contributed by atoms with Gasteiger partial charge < -0.3 is 4.74 Å². The van der Waals surface area contributed by atoms with Crippen molar-refractivity contribution in [3.05, 3.63) is 63.1 Å². The lowest BCUT2D eigenvalue weighted by atomic mass is 10.2. The molecule has 3 rings (SSSR count). The minimum Gasteiger partial charge on any atom is -0.374 e. The molecule has 2 heterocycles. The normalized spacial score (nSPS) is 12.7. The van der Waals surface area contributed by atoms with Gasteiger partial charge in [0, 0.05) is 12.0 Å². The van der Waals surface area contributed by atoms with Crippen LogP contribution in [0.15, 0.2) is 46.8 Å². The summed E-state index contributed by atoms with van der Waals surface area (Å²) in [5.74, 6) is -0.444. The van der Waals surface area contributed by atoms with Crippen LogP contribution < -0.4 is 5.56 Å². The minimum atomic E-state index is -0.444. The molecule has 4 nitrogen and oxygen atoms in total. The molecule has 21 heavy (non-hydrogen) atoms. The number of hydrogen-bond acceptors (Lipinski definition) is 4. The molecule has 108 valence electrons. The van der Waals surface area contributed by atoms with E-state index in [9.17, 15) is 9.18 Å². The van der Waals surface area contributed by atoms with Gasteiger partial charge in [0.15, 0.2) is 0 Å². The van der Waals surface area contributed by atoms with E-state index in [0.717, 1.165) is 4.88 Å². The van der Waals surface area contributed by atoms with Crippen molar-refractivity contribution in [2.75, 3.05) is 7.11 Å². The molecular formula is C15H13FN2O2S. The number of methoxy groups -OCH3 is 1.